The van der Waals surface area contributed by atoms with Crippen molar-refractivity contribution in [2.75, 3.05) is 13.1 Å². The number of fused-ring (bicyclic) bond motifs is 2. The van der Waals surface area contributed by atoms with E-state index in [0.717, 1.165) is 6.07 Å². The topological polar surface area (TPSA) is 99.3 Å². The summed E-state index contributed by atoms with van der Waals surface area (Å²) in [4.78, 5) is 13.7. The number of amides is 1. The monoisotopic (exact) mass is 365 g/mol. The summed E-state index contributed by atoms with van der Waals surface area (Å²) in [6.07, 6.45) is 2.62. The molecule has 3 heterocycles. The van der Waals surface area contributed by atoms with E-state index < -0.39 is 15.8 Å². The maximum atomic E-state index is 14.0. The molecule has 8 nitrogen and oxygen atoms in total. The van der Waals surface area contributed by atoms with Crippen LogP contribution < -0.4 is 0 Å². The highest BCUT2D eigenvalue weighted by Gasteiger charge is 2.48. The molecule has 4 rings (SSSR count). The van der Waals surface area contributed by atoms with E-state index in [1.807, 2.05) is 0 Å². The number of carbonyl (C=O) groups is 1. The zero-order valence-corrected chi connectivity index (χ0v) is 14.0. The molecular formula is C15H16FN5O3S. The maximum absolute atomic E-state index is 14.0. The predicted molar refractivity (Wildman–Crippen MR) is 84.5 cm³/mol. The van der Waals surface area contributed by atoms with Crippen LogP contribution >= 0.6 is 0 Å². The first-order chi connectivity index (χ1) is 12.0. The van der Waals surface area contributed by atoms with E-state index in [-0.39, 0.29) is 41.7 Å². The molecule has 25 heavy (non-hydrogen) atoms. The minimum atomic E-state index is -3.95. The van der Waals surface area contributed by atoms with Gasteiger partial charge in [0.15, 0.2) is 5.69 Å². The number of sulfonamides is 1. The Kier molecular flexibility index (Phi) is 3.80. The molecule has 2 unspecified atom stereocenters. The molecule has 0 saturated carbocycles. The van der Waals surface area contributed by atoms with Gasteiger partial charge in [-0.1, -0.05) is 12.1 Å². The second kappa shape index (κ2) is 5.88. The van der Waals surface area contributed by atoms with Crippen LogP contribution in [0.25, 0.3) is 0 Å². The van der Waals surface area contributed by atoms with Gasteiger partial charge < -0.3 is 4.90 Å². The van der Waals surface area contributed by atoms with Crippen molar-refractivity contribution in [3.05, 3.63) is 42.0 Å². The molecule has 1 aromatic heterocycles. The molecule has 1 aromatic carbocycles. The lowest BCUT2D eigenvalue weighted by Crippen LogP contribution is -2.57. The number of aromatic nitrogens is 3. The fourth-order valence-electron chi connectivity index (χ4n) is 3.66. The van der Waals surface area contributed by atoms with Crippen molar-refractivity contribution in [2.45, 2.75) is 29.8 Å². The summed E-state index contributed by atoms with van der Waals surface area (Å²) in [7, 11) is -3.95. The van der Waals surface area contributed by atoms with Crippen molar-refractivity contribution in [3.63, 3.8) is 0 Å². The number of piperazine rings is 1. The highest BCUT2D eigenvalue weighted by molar-refractivity contribution is 7.89. The van der Waals surface area contributed by atoms with Crippen LogP contribution in [0.2, 0.25) is 0 Å². The third-order valence-corrected chi connectivity index (χ3v) is 6.77. The molecule has 10 heteroatoms. The van der Waals surface area contributed by atoms with E-state index in [9.17, 15) is 17.6 Å². The third kappa shape index (κ3) is 2.61. The molecule has 1 amide bonds. The third-order valence-electron chi connectivity index (χ3n) is 4.73. The zero-order valence-electron chi connectivity index (χ0n) is 13.2. The quantitative estimate of drug-likeness (QED) is 0.860. The summed E-state index contributed by atoms with van der Waals surface area (Å²) in [6.45, 7) is 0.520. The Balaban J connectivity index is 1.61. The van der Waals surface area contributed by atoms with Crippen LogP contribution in [0.15, 0.2) is 35.4 Å². The minimum absolute atomic E-state index is 0.199. The molecule has 132 valence electrons. The first-order valence-electron chi connectivity index (χ1n) is 7.91. The molecule has 0 spiro atoms. The lowest BCUT2D eigenvalue weighted by Gasteiger charge is -2.39. The van der Waals surface area contributed by atoms with Crippen molar-refractivity contribution in [2.24, 2.45) is 0 Å². The van der Waals surface area contributed by atoms with Crippen molar-refractivity contribution in [3.8, 4) is 0 Å². The van der Waals surface area contributed by atoms with Gasteiger partial charge in [-0.2, -0.15) is 19.7 Å². The Bertz CT molecular complexity index is 888. The van der Waals surface area contributed by atoms with Gasteiger partial charge in [0.2, 0.25) is 10.0 Å². The van der Waals surface area contributed by atoms with E-state index in [0.29, 0.717) is 12.8 Å². The average molecular weight is 365 g/mol. The summed E-state index contributed by atoms with van der Waals surface area (Å²) in [5, 5.41) is 9.80. The van der Waals surface area contributed by atoms with Gasteiger partial charge in [0.1, 0.15) is 10.7 Å². The molecule has 2 atom stereocenters. The van der Waals surface area contributed by atoms with Crippen LogP contribution in [-0.2, 0) is 10.0 Å². The number of nitrogens with zero attached hydrogens (tertiary/aromatic N) is 4. The van der Waals surface area contributed by atoms with E-state index >= 15 is 0 Å². The number of rotatable bonds is 3. The molecule has 2 aliphatic heterocycles. The van der Waals surface area contributed by atoms with Gasteiger partial charge in [-0.05, 0) is 25.0 Å². The number of carbonyl (C=O) groups excluding carboxylic acids is 1. The fraction of sp³-hybridized carbons (Fsp3) is 0.400. The van der Waals surface area contributed by atoms with Crippen LogP contribution in [0, 0.1) is 5.82 Å². The Hall–Kier alpha value is -2.33. The van der Waals surface area contributed by atoms with Gasteiger partial charge in [-0.15, -0.1) is 0 Å². The Morgan fingerprint density at radius 3 is 2.48 bits per heavy atom. The van der Waals surface area contributed by atoms with Gasteiger partial charge >= 0.3 is 0 Å². The maximum Gasteiger partial charge on any atom is 0.276 e. The molecular weight excluding hydrogens is 349 g/mol. The van der Waals surface area contributed by atoms with Gasteiger partial charge in [0.25, 0.3) is 5.91 Å². The molecule has 2 saturated heterocycles. The lowest BCUT2D eigenvalue weighted by atomic mass is 10.2. The highest BCUT2D eigenvalue weighted by atomic mass is 32.2. The normalized spacial score (nSPS) is 23.8. The number of hydrogen-bond donors (Lipinski definition) is 1. The van der Waals surface area contributed by atoms with Gasteiger partial charge in [-0.3, -0.25) is 4.79 Å². The second-order valence-corrected chi connectivity index (χ2v) is 8.03. The molecule has 2 aliphatic rings. The number of benzene rings is 1. The first-order valence-corrected chi connectivity index (χ1v) is 9.35. The molecule has 2 bridgehead atoms. The van der Waals surface area contributed by atoms with Crippen LogP contribution in [0.1, 0.15) is 23.3 Å². The van der Waals surface area contributed by atoms with Crippen LogP contribution in [-0.4, -0.2) is 64.1 Å². The summed E-state index contributed by atoms with van der Waals surface area (Å²) in [6, 6.07) is 4.65. The molecule has 1 N–H and O–H groups in total. The van der Waals surface area contributed by atoms with Gasteiger partial charge in [-0.25, -0.2) is 12.8 Å². The van der Waals surface area contributed by atoms with Crippen molar-refractivity contribution in [1.82, 2.24) is 24.6 Å². The smallest absolute Gasteiger partial charge is 0.276 e. The van der Waals surface area contributed by atoms with Crippen LogP contribution in [0.3, 0.4) is 0 Å². The Morgan fingerprint density at radius 2 is 1.88 bits per heavy atom. The van der Waals surface area contributed by atoms with Crippen molar-refractivity contribution in [1.29, 1.82) is 0 Å². The SMILES string of the molecule is O=C(c1cn[nH]n1)N1CC2CCC(C1)N2S(=O)(=O)c1ccccc1F. The molecule has 0 aliphatic carbocycles. The highest BCUT2D eigenvalue weighted by Crippen LogP contribution is 2.36. The first kappa shape index (κ1) is 16.2. The van der Waals surface area contributed by atoms with Gasteiger partial charge in [0.05, 0.1) is 6.20 Å². The molecule has 0 radical (unpaired) electrons. The number of likely N-dealkylation sites (tertiary alicyclic amines) is 1. The zero-order chi connectivity index (χ0) is 17.6. The predicted octanol–water partition coefficient (Wildman–Crippen LogP) is 0.621. The number of H-pyrrole nitrogens is 1. The van der Waals surface area contributed by atoms with E-state index in [2.05, 4.69) is 15.4 Å². The fourth-order valence-corrected chi connectivity index (χ4v) is 5.58. The molecule has 2 fully saturated rings. The Morgan fingerprint density at radius 1 is 1.20 bits per heavy atom. The van der Waals surface area contributed by atoms with Gasteiger partial charge in [0, 0.05) is 25.2 Å². The number of aromatic amines is 1. The summed E-state index contributed by atoms with van der Waals surface area (Å²) in [5.41, 5.74) is 0.199. The second-order valence-electron chi connectivity index (χ2n) is 6.22. The molecule has 2 aromatic rings. The Labute approximate surface area is 143 Å². The van der Waals surface area contributed by atoms with E-state index in [4.69, 9.17) is 0 Å². The number of hydrogen-bond acceptors (Lipinski definition) is 5. The van der Waals surface area contributed by atoms with Crippen LogP contribution in [0.5, 0.6) is 0 Å². The standard InChI is InChI=1S/C15H16FN5O3S/c16-12-3-1-2-4-14(12)25(23,24)21-10-5-6-11(21)9-20(8-10)15(22)13-7-17-19-18-13/h1-4,7,10-11H,5-6,8-9H2,(H,17,18,19). The summed E-state index contributed by atoms with van der Waals surface area (Å²) in [5.74, 6) is -1.04. The average Bonchev–Trinajstić information content (AvgIpc) is 3.21. The largest absolute Gasteiger partial charge is 0.334 e. The summed E-state index contributed by atoms with van der Waals surface area (Å²) < 4.78 is 41.2. The lowest BCUT2D eigenvalue weighted by molar-refractivity contribution is 0.0608. The minimum Gasteiger partial charge on any atom is -0.334 e. The van der Waals surface area contributed by atoms with Crippen molar-refractivity contribution >= 4 is 15.9 Å². The van der Waals surface area contributed by atoms with Crippen LogP contribution in [0.4, 0.5) is 4.39 Å². The van der Waals surface area contributed by atoms with E-state index in [1.54, 1.807) is 4.90 Å². The number of halogens is 1. The summed E-state index contributed by atoms with van der Waals surface area (Å²) >= 11 is 0. The van der Waals surface area contributed by atoms with Crippen molar-refractivity contribution < 1.29 is 17.6 Å². The number of nitrogens with one attached hydrogen (secondary N) is 1. The van der Waals surface area contributed by atoms with E-state index in [1.165, 1.54) is 28.7 Å².